The van der Waals surface area contributed by atoms with E-state index in [0.29, 0.717) is 0 Å². The molecule has 0 radical (unpaired) electrons. The number of nitrogens with zero attached hydrogens (tertiary/aromatic N) is 3. The molecular formula is C11H14N3S+. The highest BCUT2D eigenvalue weighted by Gasteiger charge is 2.05. The molecule has 2 aromatic rings. The largest absolute Gasteiger partial charge is 0.197 e. The van der Waals surface area contributed by atoms with Crippen LogP contribution in [0, 0.1) is 6.92 Å². The van der Waals surface area contributed by atoms with E-state index in [1.54, 1.807) is 0 Å². The van der Waals surface area contributed by atoms with E-state index >= 15 is 0 Å². The van der Waals surface area contributed by atoms with Gasteiger partial charge in [0.2, 0.25) is 0 Å². The summed E-state index contributed by atoms with van der Waals surface area (Å²) in [5.74, 6) is 0. The first-order valence-electron chi connectivity index (χ1n) is 5.09. The van der Waals surface area contributed by atoms with Crippen molar-refractivity contribution < 1.29 is 4.68 Å². The zero-order chi connectivity index (χ0) is 10.7. The molecule has 0 atom stereocenters. The van der Waals surface area contributed by atoms with Gasteiger partial charge in [0, 0.05) is 18.1 Å². The van der Waals surface area contributed by atoms with Crippen LogP contribution in [0.25, 0.3) is 10.4 Å². The molecule has 2 aromatic heterocycles. The van der Waals surface area contributed by atoms with Crippen LogP contribution in [-0.2, 0) is 6.54 Å². The second-order valence-electron chi connectivity index (χ2n) is 3.51. The third kappa shape index (κ3) is 2.39. The number of hydrogen-bond donors (Lipinski definition) is 0. The molecule has 3 nitrogen and oxygen atoms in total. The van der Waals surface area contributed by atoms with Crippen molar-refractivity contribution in [2.24, 2.45) is 0 Å². The van der Waals surface area contributed by atoms with Gasteiger partial charge in [0.25, 0.3) is 0 Å². The fourth-order valence-electron chi connectivity index (χ4n) is 1.39. The summed E-state index contributed by atoms with van der Waals surface area (Å²) >= 11 is 1.52. The molecule has 0 amide bonds. The van der Waals surface area contributed by atoms with Crippen LogP contribution >= 0.6 is 11.5 Å². The summed E-state index contributed by atoms with van der Waals surface area (Å²) in [7, 11) is 0. The molecule has 0 aromatic carbocycles. The Hall–Kier alpha value is -1.29. The zero-order valence-electron chi connectivity index (χ0n) is 8.97. The van der Waals surface area contributed by atoms with Crippen molar-refractivity contribution in [3.05, 3.63) is 30.2 Å². The summed E-state index contributed by atoms with van der Waals surface area (Å²) < 4.78 is 6.21. The molecule has 0 bridgehead atoms. The molecule has 0 N–H and O–H groups in total. The maximum absolute atomic E-state index is 4.35. The standard InChI is InChI=1S/C11H14N3S/c1-3-5-14-6-4-10(8-12-14)11-7-9(2)13-15-11/h4,6-8H,3,5H2,1-2H3/q+1. The summed E-state index contributed by atoms with van der Waals surface area (Å²) in [6.07, 6.45) is 5.03. The molecule has 78 valence electrons. The average molecular weight is 220 g/mol. The Labute approximate surface area is 93.6 Å². The molecule has 0 fully saturated rings. The van der Waals surface area contributed by atoms with Crippen molar-refractivity contribution in [1.29, 1.82) is 0 Å². The topological polar surface area (TPSA) is 29.7 Å². The van der Waals surface area contributed by atoms with E-state index in [1.165, 1.54) is 16.4 Å². The van der Waals surface area contributed by atoms with Crippen LogP contribution in [0.1, 0.15) is 19.0 Å². The van der Waals surface area contributed by atoms with E-state index in [9.17, 15) is 0 Å². The Morgan fingerprint density at radius 2 is 2.33 bits per heavy atom. The minimum absolute atomic E-state index is 0.974. The summed E-state index contributed by atoms with van der Waals surface area (Å²) in [6.45, 7) is 5.13. The van der Waals surface area contributed by atoms with Crippen molar-refractivity contribution >= 4 is 11.5 Å². The Morgan fingerprint density at radius 1 is 1.47 bits per heavy atom. The van der Waals surface area contributed by atoms with Crippen molar-refractivity contribution in [2.45, 2.75) is 26.8 Å². The van der Waals surface area contributed by atoms with E-state index in [2.05, 4.69) is 28.5 Å². The molecule has 4 heteroatoms. The summed E-state index contributed by atoms with van der Waals surface area (Å²) in [5, 5.41) is 4.35. The monoisotopic (exact) mass is 220 g/mol. The third-order valence-corrected chi connectivity index (χ3v) is 3.07. The molecule has 0 saturated heterocycles. The maximum Gasteiger partial charge on any atom is 0.196 e. The van der Waals surface area contributed by atoms with E-state index in [-0.39, 0.29) is 0 Å². The Morgan fingerprint density at radius 3 is 2.87 bits per heavy atom. The van der Waals surface area contributed by atoms with Gasteiger partial charge < -0.3 is 0 Å². The van der Waals surface area contributed by atoms with Crippen LogP contribution in [0.4, 0.5) is 0 Å². The van der Waals surface area contributed by atoms with E-state index in [1.807, 2.05) is 24.0 Å². The second kappa shape index (κ2) is 4.49. The van der Waals surface area contributed by atoms with Crippen molar-refractivity contribution in [3.63, 3.8) is 0 Å². The van der Waals surface area contributed by atoms with E-state index in [0.717, 1.165) is 24.2 Å². The molecule has 0 spiro atoms. The summed E-state index contributed by atoms with van der Waals surface area (Å²) in [4.78, 5) is 1.18. The molecule has 0 aliphatic rings. The summed E-state index contributed by atoms with van der Waals surface area (Å²) in [5.41, 5.74) is 2.22. The summed E-state index contributed by atoms with van der Waals surface area (Å²) in [6, 6.07) is 4.18. The Bertz CT molecular complexity index is 433. The minimum atomic E-state index is 0.974. The third-order valence-electron chi connectivity index (χ3n) is 2.14. The average Bonchev–Trinajstić information content (AvgIpc) is 2.67. The molecule has 2 rings (SSSR count). The van der Waals surface area contributed by atoms with Crippen LogP contribution in [0.2, 0.25) is 0 Å². The number of hydrogen-bond acceptors (Lipinski definition) is 3. The molecule has 0 aliphatic carbocycles. The first kappa shape index (κ1) is 10.2. The van der Waals surface area contributed by atoms with Gasteiger partial charge in [-0.1, -0.05) is 11.6 Å². The highest BCUT2D eigenvalue weighted by molar-refractivity contribution is 7.09. The van der Waals surface area contributed by atoms with E-state index < -0.39 is 0 Å². The molecule has 2 heterocycles. The van der Waals surface area contributed by atoms with Gasteiger partial charge in [-0.3, -0.25) is 0 Å². The SMILES string of the molecule is CCC[n+]1ccc(-c2cc(C)ns2)cn1. The van der Waals surface area contributed by atoms with Gasteiger partial charge >= 0.3 is 0 Å². The van der Waals surface area contributed by atoms with Crippen LogP contribution in [-0.4, -0.2) is 9.47 Å². The van der Waals surface area contributed by atoms with Gasteiger partial charge in [0.05, 0.1) is 10.6 Å². The minimum Gasteiger partial charge on any atom is -0.197 e. The first-order valence-corrected chi connectivity index (χ1v) is 5.86. The fraction of sp³-hybridized carbons (Fsp3) is 0.364. The fourth-order valence-corrected chi connectivity index (χ4v) is 2.14. The van der Waals surface area contributed by atoms with Crippen LogP contribution < -0.4 is 4.68 Å². The van der Waals surface area contributed by atoms with Crippen molar-refractivity contribution in [3.8, 4) is 10.4 Å². The lowest BCUT2D eigenvalue weighted by Gasteiger charge is -1.93. The van der Waals surface area contributed by atoms with Gasteiger partial charge in [0.1, 0.15) is 6.20 Å². The molecule has 0 unspecified atom stereocenters. The maximum atomic E-state index is 4.35. The van der Waals surface area contributed by atoms with Crippen LogP contribution in [0.5, 0.6) is 0 Å². The number of aryl methyl sites for hydroxylation is 2. The number of rotatable bonds is 3. The van der Waals surface area contributed by atoms with Gasteiger partial charge in [-0.2, -0.15) is 4.37 Å². The Balaban J connectivity index is 2.23. The lowest BCUT2D eigenvalue weighted by molar-refractivity contribution is -0.753. The molecule has 15 heavy (non-hydrogen) atoms. The normalized spacial score (nSPS) is 10.5. The quantitative estimate of drug-likeness (QED) is 0.742. The predicted molar refractivity (Wildman–Crippen MR) is 60.6 cm³/mol. The van der Waals surface area contributed by atoms with E-state index in [4.69, 9.17) is 0 Å². The molecular weight excluding hydrogens is 206 g/mol. The van der Waals surface area contributed by atoms with Crippen molar-refractivity contribution in [1.82, 2.24) is 9.47 Å². The predicted octanol–water partition coefficient (Wildman–Crippen LogP) is 2.21. The highest BCUT2D eigenvalue weighted by Crippen LogP contribution is 2.22. The zero-order valence-corrected chi connectivity index (χ0v) is 9.79. The highest BCUT2D eigenvalue weighted by atomic mass is 32.1. The Kier molecular flexibility index (Phi) is 3.06. The molecule has 0 saturated carbocycles. The smallest absolute Gasteiger partial charge is 0.196 e. The van der Waals surface area contributed by atoms with Gasteiger partial charge in [-0.25, -0.2) is 0 Å². The first-order chi connectivity index (χ1) is 7.29. The molecule has 0 aliphatic heterocycles. The van der Waals surface area contributed by atoms with Gasteiger partial charge in [-0.15, -0.1) is 0 Å². The van der Waals surface area contributed by atoms with Gasteiger partial charge in [0.15, 0.2) is 12.7 Å². The van der Waals surface area contributed by atoms with Crippen LogP contribution in [0.3, 0.4) is 0 Å². The number of aromatic nitrogens is 3. The lowest BCUT2D eigenvalue weighted by atomic mass is 10.2. The lowest BCUT2D eigenvalue weighted by Crippen LogP contribution is -2.36. The van der Waals surface area contributed by atoms with Crippen LogP contribution in [0.15, 0.2) is 24.5 Å². The van der Waals surface area contributed by atoms with Gasteiger partial charge in [-0.05, 0) is 29.6 Å². The second-order valence-corrected chi connectivity index (χ2v) is 4.32. The van der Waals surface area contributed by atoms with Crippen molar-refractivity contribution in [2.75, 3.05) is 0 Å².